The maximum Gasteiger partial charge on any atom is 0.259 e. The fraction of sp³-hybridized carbons (Fsp3) is 0.143. The lowest BCUT2D eigenvalue weighted by molar-refractivity contribution is 0.0879. The van der Waals surface area contributed by atoms with E-state index in [2.05, 4.69) is 20.6 Å². The van der Waals surface area contributed by atoms with Gasteiger partial charge in [-0.1, -0.05) is 18.5 Å². The summed E-state index contributed by atoms with van der Waals surface area (Å²) in [5.74, 6) is 0.393. The molecule has 21 heavy (non-hydrogen) atoms. The molecule has 0 saturated heterocycles. The zero-order valence-electron chi connectivity index (χ0n) is 11.1. The van der Waals surface area contributed by atoms with Crippen LogP contribution in [0.2, 0.25) is 5.15 Å². The number of imide groups is 1. The van der Waals surface area contributed by atoms with E-state index in [4.69, 9.17) is 11.6 Å². The molecule has 1 aromatic heterocycles. The second-order valence-corrected chi connectivity index (χ2v) is 4.90. The summed E-state index contributed by atoms with van der Waals surface area (Å²) in [6.45, 7) is 1.93. The Morgan fingerprint density at radius 3 is 2.67 bits per heavy atom. The fourth-order valence-corrected chi connectivity index (χ4v) is 2.28. The van der Waals surface area contributed by atoms with E-state index < -0.39 is 5.91 Å². The molecule has 0 spiro atoms. The van der Waals surface area contributed by atoms with E-state index in [-0.39, 0.29) is 5.91 Å². The minimum absolute atomic E-state index is 0.346. The third-order valence-electron chi connectivity index (χ3n) is 3.07. The number of halogens is 1. The van der Waals surface area contributed by atoms with Gasteiger partial charge in [0.15, 0.2) is 0 Å². The molecular formula is C14H11ClN4O2. The van der Waals surface area contributed by atoms with Gasteiger partial charge in [0, 0.05) is 18.2 Å². The van der Waals surface area contributed by atoms with Gasteiger partial charge in [-0.3, -0.25) is 14.9 Å². The number of hydrogen-bond acceptors (Lipinski definition) is 5. The Morgan fingerprint density at radius 2 is 1.90 bits per heavy atom. The minimum Gasteiger partial charge on any atom is -0.340 e. The number of anilines is 2. The number of aromatic nitrogens is 2. The first-order valence-corrected chi connectivity index (χ1v) is 6.75. The first-order valence-electron chi connectivity index (χ1n) is 6.37. The van der Waals surface area contributed by atoms with E-state index in [1.54, 1.807) is 24.3 Å². The number of carbonyl (C=O) groups is 2. The normalized spacial score (nSPS) is 13.0. The molecule has 7 heteroatoms. The van der Waals surface area contributed by atoms with E-state index >= 15 is 0 Å². The van der Waals surface area contributed by atoms with E-state index in [1.807, 2.05) is 6.92 Å². The quantitative estimate of drug-likeness (QED) is 0.671. The molecule has 0 unspecified atom stereocenters. The summed E-state index contributed by atoms with van der Waals surface area (Å²) in [5, 5.41) is 5.65. The van der Waals surface area contributed by atoms with Crippen LogP contribution in [0.15, 0.2) is 24.3 Å². The van der Waals surface area contributed by atoms with Crippen LogP contribution in [-0.4, -0.2) is 21.8 Å². The standard InChI is InChI=1S/C14H11ClN4O2/c1-2-11-17-10(15)6-12(18-11)16-7-3-4-8-9(5-7)14(21)19-13(8)20/h3-6H,2H2,1H3,(H,16,17,18)(H,19,20,21). The van der Waals surface area contributed by atoms with Gasteiger partial charge in [-0.2, -0.15) is 0 Å². The summed E-state index contributed by atoms with van der Waals surface area (Å²) in [6, 6.07) is 6.51. The van der Waals surface area contributed by atoms with Crippen LogP contribution in [-0.2, 0) is 6.42 Å². The third kappa shape index (κ3) is 2.57. The predicted octanol–water partition coefficient (Wildman–Crippen LogP) is 2.32. The highest BCUT2D eigenvalue weighted by Crippen LogP contribution is 2.23. The monoisotopic (exact) mass is 302 g/mol. The van der Waals surface area contributed by atoms with Gasteiger partial charge in [-0.15, -0.1) is 0 Å². The zero-order valence-corrected chi connectivity index (χ0v) is 11.9. The van der Waals surface area contributed by atoms with Crippen molar-refractivity contribution >= 4 is 34.9 Å². The molecule has 2 aromatic rings. The highest BCUT2D eigenvalue weighted by atomic mass is 35.5. The first-order chi connectivity index (χ1) is 10.1. The SMILES string of the molecule is CCc1nc(Cl)cc(Nc2ccc3c(c2)C(=O)NC3=O)n1. The van der Waals surface area contributed by atoms with Gasteiger partial charge in [0.1, 0.15) is 16.8 Å². The number of nitrogens with zero attached hydrogens (tertiary/aromatic N) is 2. The van der Waals surface area contributed by atoms with Crippen LogP contribution < -0.4 is 10.6 Å². The summed E-state index contributed by atoms with van der Waals surface area (Å²) >= 11 is 5.93. The number of carbonyl (C=O) groups excluding carboxylic acids is 2. The van der Waals surface area contributed by atoms with Crippen molar-refractivity contribution < 1.29 is 9.59 Å². The van der Waals surface area contributed by atoms with Gasteiger partial charge in [-0.05, 0) is 18.2 Å². The molecule has 3 rings (SSSR count). The Hall–Kier alpha value is -2.47. The molecule has 0 saturated carbocycles. The number of fused-ring (bicyclic) bond motifs is 1. The summed E-state index contributed by atoms with van der Waals surface area (Å²) in [7, 11) is 0. The summed E-state index contributed by atoms with van der Waals surface area (Å²) < 4.78 is 0. The third-order valence-corrected chi connectivity index (χ3v) is 3.26. The molecule has 1 aliphatic heterocycles. The van der Waals surface area contributed by atoms with Crippen molar-refractivity contribution in [3.8, 4) is 0 Å². The molecule has 0 aliphatic carbocycles. The lowest BCUT2D eigenvalue weighted by atomic mass is 10.1. The zero-order chi connectivity index (χ0) is 15.0. The Morgan fingerprint density at radius 1 is 1.14 bits per heavy atom. The molecule has 6 nitrogen and oxygen atoms in total. The molecule has 0 bridgehead atoms. The second-order valence-electron chi connectivity index (χ2n) is 4.51. The van der Waals surface area contributed by atoms with Crippen molar-refractivity contribution in [2.24, 2.45) is 0 Å². The highest BCUT2D eigenvalue weighted by Gasteiger charge is 2.26. The van der Waals surface area contributed by atoms with Crippen molar-refractivity contribution in [3.05, 3.63) is 46.4 Å². The van der Waals surface area contributed by atoms with E-state index in [0.717, 1.165) is 0 Å². The lowest BCUT2D eigenvalue weighted by Crippen LogP contribution is -2.19. The molecule has 0 radical (unpaired) electrons. The van der Waals surface area contributed by atoms with Crippen molar-refractivity contribution in [3.63, 3.8) is 0 Å². The fourth-order valence-electron chi connectivity index (χ4n) is 2.08. The van der Waals surface area contributed by atoms with Crippen molar-refractivity contribution in [1.82, 2.24) is 15.3 Å². The van der Waals surface area contributed by atoms with Gasteiger partial charge in [0.2, 0.25) is 0 Å². The number of nitrogens with one attached hydrogen (secondary N) is 2. The smallest absolute Gasteiger partial charge is 0.259 e. The molecule has 1 aromatic carbocycles. The van der Waals surface area contributed by atoms with Crippen LogP contribution in [0.4, 0.5) is 11.5 Å². The molecule has 106 valence electrons. The molecule has 2 N–H and O–H groups in total. The van der Waals surface area contributed by atoms with Crippen LogP contribution in [0, 0.1) is 0 Å². The average Bonchev–Trinajstić information content (AvgIpc) is 2.73. The number of benzene rings is 1. The lowest BCUT2D eigenvalue weighted by Gasteiger charge is -2.08. The van der Waals surface area contributed by atoms with Gasteiger partial charge in [-0.25, -0.2) is 9.97 Å². The number of amides is 2. The summed E-state index contributed by atoms with van der Waals surface area (Å²) in [4.78, 5) is 31.5. The topological polar surface area (TPSA) is 84.0 Å². The van der Waals surface area contributed by atoms with Crippen LogP contribution in [0.3, 0.4) is 0 Å². The molecule has 2 amide bonds. The summed E-state index contributed by atoms with van der Waals surface area (Å²) in [5.41, 5.74) is 1.37. The van der Waals surface area contributed by atoms with Gasteiger partial charge in [0.05, 0.1) is 11.1 Å². The maximum atomic E-state index is 11.6. The minimum atomic E-state index is -0.395. The number of hydrogen-bond donors (Lipinski definition) is 2. The number of rotatable bonds is 3. The molecule has 2 heterocycles. The van der Waals surface area contributed by atoms with Crippen molar-refractivity contribution in [2.45, 2.75) is 13.3 Å². The highest BCUT2D eigenvalue weighted by molar-refractivity contribution is 6.29. The predicted molar refractivity (Wildman–Crippen MR) is 77.9 cm³/mol. The van der Waals surface area contributed by atoms with Crippen LogP contribution in [0.1, 0.15) is 33.5 Å². The molecular weight excluding hydrogens is 292 g/mol. The Labute approximate surface area is 125 Å². The Balaban J connectivity index is 1.93. The van der Waals surface area contributed by atoms with Crippen LogP contribution in [0.5, 0.6) is 0 Å². The van der Waals surface area contributed by atoms with Crippen LogP contribution >= 0.6 is 11.6 Å². The molecule has 1 aliphatic rings. The van der Waals surface area contributed by atoms with Crippen molar-refractivity contribution in [2.75, 3.05) is 5.32 Å². The Kier molecular flexibility index (Phi) is 3.31. The average molecular weight is 303 g/mol. The van der Waals surface area contributed by atoms with Gasteiger partial charge < -0.3 is 5.32 Å². The molecule has 0 fully saturated rings. The largest absolute Gasteiger partial charge is 0.340 e. The second kappa shape index (κ2) is 5.14. The van der Waals surface area contributed by atoms with Crippen molar-refractivity contribution in [1.29, 1.82) is 0 Å². The molecule has 0 atom stereocenters. The Bertz CT molecular complexity index is 761. The first kappa shape index (κ1) is 13.5. The van der Waals surface area contributed by atoms with Crippen LogP contribution in [0.25, 0.3) is 0 Å². The van der Waals surface area contributed by atoms with E-state index in [9.17, 15) is 9.59 Å². The van der Waals surface area contributed by atoms with E-state index in [0.29, 0.717) is 40.0 Å². The van der Waals surface area contributed by atoms with E-state index in [1.165, 1.54) is 0 Å². The maximum absolute atomic E-state index is 11.6. The van der Waals surface area contributed by atoms with Gasteiger partial charge in [0.25, 0.3) is 11.8 Å². The summed E-state index contributed by atoms with van der Waals surface area (Å²) in [6.07, 6.45) is 0.663. The van der Waals surface area contributed by atoms with Gasteiger partial charge >= 0.3 is 0 Å². The number of aryl methyl sites for hydroxylation is 1.